The molecule has 0 aromatic heterocycles. The fourth-order valence-electron chi connectivity index (χ4n) is 3.02. The van der Waals surface area contributed by atoms with Gasteiger partial charge in [-0.1, -0.05) is 35.9 Å². The van der Waals surface area contributed by atoms with Crippen molar-refractivity contribution < 1.29 is 19.0 Å². The van der Waals surface area contributed by atoms with Gasteiger partial charge in [-0.25, -0.2) is 4.39 Å². The number of aliphatic hydroxyl groups is 1. The Morgan fingerprint density at radius 3 is 2.50 bits per heavy atom. The molecular formula is C20H21ClFNO3. The van der Waals surface area contributed by atoms with Gasteiger partial charge in [0.05, 0.1) is 6.42 Å². The highest BCUT2D eigenvalue weighted by molar-refractivity contribution is 6.31. The average molecular weight is 378 g/mol. The Labute approximate surface area is 157 Å². The van der Waals surface area contributed by atoms with Gasteiger partial charge in [-0.2, -0.15) is 0 Å². The largest absolute Gasteiger partial charge is 0.491 e. The van der Waals surface area contributed by atoms with Gasteiger partial charge in [-0.15, -0.1) is 0 Å². The van der Waals surface area contributed by atoms with Crippen molar-refractivity contribution in [2.45, 2.75) is 24.9 Å². The predicted molar refractivity (Wildman–Crippen MR) is 97.8 cm³/mol. The molecule has 2 aromatic carbocycles. The number of piperidine rings is 1. The van der Waals surface area contributed by atoms with Crippen LogP contribution in [0, 0.1) is 5.82 Å². The van der Waals surface area contributed by atoms with Crippen LogP contribution in [0.2, 0.25) is 5.02 Å². The maximum atomic E-state index is 13.9. The fourth-order valence-corrected chi connectivity index (χ4v) is 3.25. The first-order chi connectivity index (χ1) is 12.5. The van der Waals surface area contributed by atoms with Gasteiger partial charge in [-0.3, -0.25) is 4.79 Å². The van der Waals surface area contributed by atoms with Crippen LogP contribution in [-0.4, -0.2) is 41.2 Å². The maximum Gasteiger partial charge on any atom is 0.227 e. The zero-order valence-corrected chi connectivity index (χ0v) is 15.1. The summed E-state index contributed by atoms with van der Waals surface area (Å²) in [4.78, 5) is 14.1. The second-order valence-electron chi connectivity index (χ2n) is 6.58. The summed E-state index contributed by atoms with van der Waals surface area (Å²) in [5.41, 5.74) is -0.755. The molecule has 1 amide bonds. The topological polar surface area (TPSA) is 49.8 Å². The normalized spacial score (nSPS) is 16.3. The number of likely N-dealkylation sites (tertiary alicyclic amines) is 1. The van der Waals surface area contributed by atoms with Gasteiger partial charge in [-0.05, 0) is 37.1 Å². The fraction of sp³-hybridized carbons (Fsp3) is 0.350. The van der Waals surface area contributed by atoms with E-state index < -0.39 is 11.4 Å². The summed E-state index contributed by atoms with van der Waals surface area (Å²) in [5, 5.41) is 10.9. The first-order valence-electron chi connectivity index (χ1n) is 8.58. The number of halogens is 2. The molecule has 1 fully saturated rings. The van der Waals surface area contributed by atoms with Crippen molar-refractivity contribution in [2.75, 3.05) is 19.7 Å². The number of benzene rings is 2. The van der Waals surface area contributed by atoms with Gasteiger partial charge in [0, 0.05) is 23.7 Å². The summed E-state index contributed by atoms with van der Waals surface area (Å²) in [5.74, 6) is 0.0345. The zero-order chi connectivity index (χ0) is 18.6. The Bertz CT molecular complexity index is 741. The van der Waals surface area contributed by atoms with Gasteiger partial charge >= 0.3 is 0 Å². The second kappa shape index (κ2) is 8.06. The van der Waals surface area contributed by atoms with E-state index in [0.29, 0.717) is 31.7 Å². The first kappa shape index (κ1) is 18.7. The lowest BCUT2D eigenvalue weighted by molar-refractivity contribution is -0.135. The minimum absolute atomic E-state index is 0.0789. The lowest BCUT2D eigenvalue weighted by atomic mass is 9.92. The third kappa shape index (κ3) is 4.54. The number of hydrogen-bond acceptors (Lipinski definition) is 3. The number of nitrogens with zero attached hydrogens (tertiary/aromatic N) is 1. The van der Waals surface area contributed by atoms with Crippen LogP contribution >= 0.6 is 11.6 Å². The molecule has 3 rings (SSSR count). The molecule has 26 heavy (non-hydrogen) atoms. The molecule has 4 nitrogen and oxygen atoms in total. The molecule has 0 atom stereocenters. The van der Waals surface area contributed by atoms with E-state index in [1.54, 1.807) is 11.0 Å². The van der Waals surface area contributed by atoms with Crippen LogP contribution in [0.3, 0.4) is 0 Å². The highest BCUT2D eigenvalue weighted by Crippen LogP contribution is 2.25. The highest BCUT2D eigenvalue weighted by Gasteiger charge is 2.35. The maximum absolute atomic E-state index is 13.9. The van der Waals surface area contributed by atoms with Crippen LogP contribution in [-0.2, 0) is 11.2 Å². The minimum atomic E-state index is -0.970. The molecule has 2 aromatic rings. The Morgan fingerprint density at radius 2 is 1.85 bits per heavy atom. The second-order valence-corrected chi connectivity index (χ2v) is 6.99. The molecule has 1 N–H and O–H groups in total. The molecule has 1 heterocycles. The molecule has 0 unspecified atom stereocenters. The number of carbonyl (C=O) groups is 1. The number of para-hydroxylation sites is 1. The van der Waals surface area contributed by atoms with Crippen molar-refractivity contribution in [3.05, 3.63) is 64.9 Å². The standard InChI is InChI=1S/C20H21ClFNO3/c21-17-7-4-8-18(22)16(17)13-19(24)23-11-9-20(25,10-12-23)14-26-15-5-2-1-3-6-15/h1-8,25H,9-14H2. The molecule has 0 spiro atoms. The van der Waals surface area contributed by atoms with Gasteiger partial charge in [0.15, 0.2) is 0 Å². The molecular weight excluding hydrogens is 357 g/mol. The summed E-state index contributed by atoms with van der Waals surface area (Å²) in [6.07, 6.45) is 0.748. The van der Waals surface area contributed by atoms with Crippen molar-refractivity contribution >= 4 is 17.5 Å². The van der Waals surface area contributed by atoms with Crippen molar-refractivity contribution in [2.24, 2.45) is 0 Å². The quantitative estimate of drug-likeness (QED) is 0.868. The van der Waals surface area contributed by atoms with Crippen LogP contribution in [0.5, 0.6) is 5.75 Å². The number of rotatable bonds is 5. The molecule has 1 aliphatic heterocycles. The number of carbonyl (C=O) groups excluding carboxylic acids is 1. The Morgan fingerprint density at radius 1 is 1.15 bits per heavy atom. The van der Waals surface area contributed by atoms with Crippen molar-refractivity contribution in [3.63, 3.8) is 0 Å². The summed E-state index contributed by atoms with van der Waals surface area (Å²) in [6, 6.07) is 13.7. The summed E-state index contributed by atoms with van der Waals surface area (Å²) in [6.45, 7) is 0.983. The predicted octanol–water partition coefficient (Wildman–Crippen LogP) is 3.45. The van der Waals surface area contributed by atoms with Gasteiger partial charge in [0.1, 0.15) is 23.8 Å². The molecule has 0 bridgehead atoms. The molecule has 0 aliphatic carbocycles. The van der Waals surface area contributed by atoms with Gasteiger partial charge in [0.25, 0.3) is 0 Å². The van der Waals surface area contributed by atoms with E-state index in [9.17, 15) is 14.3 Å². The van der Waals surface area contributed by atoms with E-state index >= 15 is 0 Å². The third-order valence-corrected chi connectivity index (χ3v) is 5.04. The van der Waals surface area contributed by atoms with Gasteiger partial charge < -0.3 is 14.7 Å². The third-order valence-electron chi connectivity index (χ3n) is 4.69. The van der Waals surface area contributed by atoms with E-state index in [-0.39, 0.29) is 29.5 Å². The van der Waals surface area contributed by atoms with Crippen LogP contribution in [0.1, 0.15) is 18.4 Å². The van der Waals surface area contributed by atoms with E-state index in [2.05, 4.69) is 0 Å². The van der Waals surface area contributed by atoms with Crippen molar-refractivity contribution in [3.8, 4) is 5.75 Å². The lowest BCUT2D eigenvalue weighted by Gasteiger charge is -2.38. The Balaban J connectivity index is 1.53. The first-order valence-corrected chi connectivity index (χ1v) is 8.95. The van der Waals surface area contributed by atoms with E-state index in [4.69, 9.17) is 16.3 Å². The van der Waals surface area contributed by atoms with Crippen molar-refractivity contribution in [1.29, 1.82) is 0 Å². The highest BCUT2D eigenvalue weighted by atomic mass is 35.5. The number of hydrogen-bond donors (Lipinski definition) is 1. The monoisotopic (exact) mass is 377 g/mol. The molecule has 6 heteroatoms. The van der Waals surface area contributed by atoms with Crippen LogP contribution in [0.4, 0.5) is 4.39 Å². The molecule has 138 valence electrons. The minimum Gasteiger partial charge on any atom is -0.491 e. The van der Waals surface area contributed by atoms with E-state index in [1.165, 1.54) is 12.1 Å². The molecule has 1 saturated heterocycles. The van der Waals surface area contributed by atoms with Gasteiger partial charge in [0.2, 0.25) is 5.91 Å². The summed E-state index contributed by atoms with van der Waals surface area (Å²) in [7, 11) is 0. The lowest BCUT2D eigenvalue weighted by Crippen LogP contribution is -2.49. The molecule has 0 saturated carbocycles. The summed E-state index contributed by atoms with van der Waals surface area (Å²) < 4.78 is 19.5. The van der Waals surface area contributed by atoms with Crippen LogP contribution in [0.15, 0.2) is 48.5 Å². The summed E-state index contributed by atoms with van der Waals surface area (Å²) >= 11 is 5.99. The SMILES string of the molecule is O=C(Cc1c(F)cccc1Cl)N1CCC(O)(COc2ccccc2)CC1. The number of amides is 1. The van der Waals surface area contributed by atoms with Crippen molar-refractivity contribution in [1.82, 2.24) is 4.90 Å². The molecule has 0 radical (unpaired) electrons. The van der Waals surface area contributed by atoms with Crippen LogP contribution < -0.4 is 4.74 Å². The van der Waals surface area contributed by atoms with E-state index in [0.717, 1.165) is 0 Å². The molecule has 1 aliphatic rings. The van der Waals surface area contributed by atoms with Crippen LogP contribution in [0.25, 0.3) is 0 Å². The average Bonchev–Trinajstić information content (AvgIpc) is 2.65. The zero-order valence-electron chi connectivity index (χ0n) is 14.3. The smallest absolute Gasteiger partial charge is 0.227 e. The Kier molecular flexibility index (Phi) is 5.79. The number of ether oxygens (including phenoxy) is 1. The Hall–Kier alpha value is -2.11. The van der Waals surface area contributed by atoms with E-state index in [1.807, 2.05) is 30.3 Å².